The second-order valence-electron chi connectivity index (χ2n) is 8.12. The first-order chi connectivity index (χ1) is 13.1. The van der Waals surface area contributed by atoms with Crippen molar-refractivity contribution in [2.24, 2.45) is 23.5 Å². The molecular weight excluding hydrogens is 346 g/mol. The highest BCUT2D eigenvalue weighted by Gasteiger charge is 2.50. The van der Waals surface area contributed by atoms with Crippen molar-refractivity contribution in [2.45, 2.75) is 25.3 Å². The minimum atomic E-state index is -0.0305. The summed E-state index contributed by atoms with van der Waals surface area (Å²) in [5.74, 6) is 2.43. The number of piperazine rings is 1. The first kappa shape index (κ1) is 16.9. The third-order valence-corrected chi connectivity index (χ3v) is 6.76. The first-order valence-electron chi connectivity index (χ1n) is 9.85. The predicted molar refractivity (Wildman–Crippen MR) is 97.3 cm³/mol. The fraction of sp³-hybridized carbons (Fsp3) is 0.600. The van der Waals surface area contributed by atoms with Crippen LogP contribution < -0.4 is 15.2 Å². The fourth-order valence-electron chi connectivity index (χ4n) is 5.26. The van der Waals surface area contributed by atoms with Crippen LogP contribution in [0.4, 0.5) is 0 Å². The number of nitrogens with two attached hydrogens (primary N) is 1. The van der Waals surface area contributed by atoms with Gasteiger partial charge in [0.05, 0.1) is 5.92 Å². The fourth-order valence-corrected chi connectivity index (χ4v) is 5.26. The van der Waals surface area contributed by atoms with E-state index in [1.54, 1.807) is 18.2 Å². The van der Waals surface area contributed by atoms with Gasteiger partial charge in [0.2, 0.25) is 12.7 Å². The molecule has 0 spiro atoms. The molecule has 5 rings (SSSR count). The minimum Gasteiger partial charge on any atom is -0.454 e. The molecule has 4 aliphatic rings. The van der Waals surface area contributed by atoms with E-state index in [2.05, 4.69) is 0 Å². The van der Waals surface area contributed by atoms with Crippen molar-refractivity contribution < 1.29 is 19.1 Å². The summed E-state index contributed by atoms with van der Waals surface area (Å²) in [6.45, 7) is 2.45. The number of rotatable bonds is 2. The average Bonchev–Trinajstić information content (AvgIpc) is 3.42. The van der Waals surface area contributed by atoms with Gasteiger partial charge in [-0.1, -0.05) is 0 Å². The first-order valence-corrected chi connectivity index (χ1v) is 9.85. The highest BCUT2D eigenvalue weighted by atomic mass is 16.7. The van der Waals surface area contributed by atoms with Gasteiger partial charge in [-0.05, 0) is 49.3 Å². The van der Waals surface area contributed by atoms with Crippen molar-refractivity contribution in [1.82, 2.24) is 9.80 Å². The molecule has 144 valence electrons. The molecule has 2 N–H and O–H groups in total. The number of fused-ring (bicyclic) bond motifs is 3. The van der Waals surface area contributed by atoms with Crippen molar-refractivity contribution in [1.29, 1.82) is 0 Å². The van der Waals surface area contributed by atoms with Crippen LogP contribution >= 0.6 is 0 Å². The van der Waals surface area contributed by atoms with Gasteiger partial charge >= 0.3 is 0 Å². The lowest BCUT2D eigenvalue weighted by molar-refractivity contribution is -0.139. The monoisotopic (exact) mass is 371 g/mol. The van der Waals surface area contributed by atoms with Crippen LogP contribution in [-0.4, -0.2) is 60.6 Å². The van der Waals surface area contributed by atoms with Crippen LogP contribution in [0.5, 0.6) is 11.5 Å². The Morgan fingerprint density at radius 1 is 0.963 bits per heavy atom. The summed E-state index contributed by atoms with van der Waals surface area (Å²) in [4.78, 5) is 29.5. The third-order valence-electron chi connectivity index (χ3n) is 6.76. The maximum absolute atomic E-state index is 13.0. The maximum atomic E-state index is 13.0. The summed E-state index contributed by atoms with van der Waals surface area (Å²) in [7, 11) is 0. The van der Waals surface area contributed by atoms with Crippen molar-refractivity contribution in [3.8, 4) is 11.5 Å². The molecule has 2 saturated carbocycles. The number of carbonyl (C=O) groups is 2. The van der Waals surface area contributed by atoms with Crippen molar-refractivity contribution in [3.05, 3.63) is 23.8 Å². The van der Waals surface area contributed by atoms with E-state index in [-0.39, 0.29) is 30.6 Å². The Kier molecular flexibility index (Phi) is 4.00. The van der Waals surface area contributed by atoms with E-state index < -0.39 is 0 Å². The van der Waals surface area contributed by atoms with Crippen molar-refractivity contribution >= 4 is 11.8 Å². The quantitative estimate of drug-likeness (QED) is 0.841. The van der Waals surface area contributed by atoms with E-state index >= 15 is 0 Å². The molecule has 0 aromatic heterocycles. The van der Waals surface area contributed by atoms with Crippen LogP contribution in [0.1, 0.15) is 29.6 Å². The Labute approximate surface area is 158 Å². The molecule has 27 heavy (non-hydrogen) atoms. The van der Waals surface area contributed by atoms with Gasteiger partial charge in [0.1, 0.15) is 0 Å². The molecule has 4 unspecified atom stereocenters. The number of ether oxygens (including phenoxy) is 2. The summed E-state index contributed by atoms with van der Waals surface area (Å²) >= 11 is 0. The lowest BCUT2D eigenvalue weighted by Crippen LogP contribution is -2.54. The van der Waals surface area contributed by atoms with Crippen LogP contribution in [0.15, 0.2) is 18.2 Å². The Morgan fingerprint density at radius 3 is 2.41 bits per heavy atom. The normalized spacial score (nSPS) is 31.4. The van der Waals surface area contributed by atoms with Gasteiger partial charge in [-0.3, -0.25) is 9.59 Å². The van der Waals surface area contributed by atoms with Gasteiger partial charge in [0.25, 0.3) is 5.91 Å². The molecule has 2 amide bonds. The largest absolute Gasteiger partial charge is 0.454 e. The van der Waals surface area contributed by atoms with Crippen LogP contribution in [0.3, 0.4) is 0 Å². The smallest absolute Gasteiger partial charge is 0.254 e. The molecule has 7 nitrogen and oxygen atoms in total. The zero-order valence-corrected chi connectivity index (χ0v) is 15.3. The van der Waals surface area contributed by atoms with Gasteiger partial charge in [-0.15, -0.1) is 0 Å². The van der Waals surface area contributed by atoms with Crippen LogP contribution in [-0.2, 0) is 4.79 Å². The van der Waals surface area contributed by atoms with Gasteiger partial charge in [0, 0.05) is 37.8 Å². The summed E-state index contributed by atoms with van der Waals surface area (Å²) < 4.78 is 10.7. The lowest BCUT2D eigenvalue weighted by Gasteiger charge is -2.38. The molecule has 3 fully saturated rings. The predicted octanol–water partition coefficient (Wildman–Crippen LogP) is 1.07. The molecule has 2 heterocycles. The second kappa shape index (κ2) is 6.41. The number of nitrogens with zero attached hydrogens (tertiary/aromatic N) is 2. The number of benzene rings is 1. The SMILES string of the molecule is NC1C2CCC(C2)C1C(=O)N1CCN(C(=O)c2ccc3c(c2)OCO3)CC1. The summed E-state index contributed by atoms with van der Waals surface area (Å²) in [6.07, 6.45) is 3.42. The molecule has 1 saturated heterocycles. The minimum absolute atomic E-state index is 0.0140. The molecule has 2 bridgehead atoms. The van der Waals surface area contributed by atoms with E-state index in [1.807, 2.05) is 9.80 Å². The van der Waals surface area contributed by atoms with Crippen LogP contribution in [0, 0.1) is 17.8 Å². The van der Waals surface area contributed by atoms with Gasteiger partial charge in [-0.2, -0.15) is 0 Å². The molecule has 7 heteroatoms. The Bertz CT molecular complexity index is 772. The van der Waals surface area contributed by atoms with E-state index in [0.29, 0.717) is 55.1 Å². The standard InChI is InChI=1S/C20H25N3O4/c21-18-13-2-1-12(9-13)17(18)20(25)23-7-5-22(6-8-23)19(24)14-3-4-15-16(10-14)27-11-26-15/h3-4,10,12-13,17-18H,1-2,5-9,11,21H2. The van der Waals surface area contributed by atoms with E-state index in [9.17, 15) is 9.59 Å². The molecule has 1 aromatic rings. The van der Waals surface area contributed by atoms with Gasteiger partial charge in [0.15, 0.2) is 11.5 Å². The average molecular weight is 371 g/mol. The zero-order chi connectivity index (χ0) is 18.5. The summed E-state index contributed by atoms with van der Waals surface area (Å²) in [6, 6.07) is 5.29. The molecule has 1 aromatic carbocycles. The van der Waals surface area contributed by atoms with E-state index in [4.69, 9.17) is 15.2 Å². The van der Waals surface area contributed by atoms with Gasteiger partial charge in [-0.25, -0.2) is 0 Å². The number of hydrogen-bond donors (Lipinski definition) is 1. The summed E-state index contributed by atoms with van der Waals surface area (Å²) in [5, 5.41) is 0. The highest BCUT2D eigenvalue weighted by molar-refractivity contribution is 5.95. The van der Waals surface area contributed by atoms with Gasteiger partial charge < -0.3 is 25.0 Å². The topological polar surface area (TPSA) is 85.1 Å². The second-order valence-corrected chi connectivity index (χ2v) is 8.12. The number of hydrogen-bond acceptors (Lipinski definition) is 5. The Morgan fingerprint density at radius 2 is 1.67 bits per heavy atom. The molecule has 2 aliphatic carbocycles. The van der Waals surface area contributed by atoms with Crippen LogP contribution in [0.25, 0.3) is 0 Å². The van der Waals surface area contributed by atoms with E-state index in [0.717, 1.165) is 12.8 Å². The summed E-state index contributed by atoms with van der Waals surface area (Å²) in [5.41, 5.74) is 6.93. The van der Waals surface area contributed by atoms with Crippen molar-refractivity contribution in [2.75, 3.05) is 33.0 Å². The van der Waals surface area contributed by atoms with Crippen LogP contribution in [0.2, 0.25) is 0 Å². The third kappa shape index (κ3) is 2.76. The molecule has 4 atom stereocenters. The van der Waals surface area contributed by atoms with E-state index in [1.165, 1.54) is 6.42 Å². The Hall–Kier alpha value is -2.28. The number of amides is 2. The lowest BCUT2D eigenvalue weighted by atomic mass is 9.84. The molecule has 2 aliphatic heterocycles. The highest BCUT2D eigenvalue weighted by Crippen LogP contribution is 2.48. The maximum Gasteiger partial charge on any atom is 0.254 e. The molecule has 0 radical (unpaired) electrons. The van der Waals surface area contributed by atoms with Crippen molar-refractivity contribution in [3.63, 3.8) is 0 Å². The molecular formula is C20H25N3O4. The zero-order valence-electron chi connectivity index (χ0n) is 15.3. The Balaban J connectivity index is 1.21. The number of carbonyl (C=O) groups excluding carboxylic acids is 2.